The average molecular weight is 1060 g/mol. The highest BCUT2D eigenvalue weighted by Gasteiger charge is 2.34. The average Bonchev–Trinajstić information content (AvgIpc) is 3.29. The summed E-state index contributed by atoms with van der Waals surface area (Å²) in [7, 11) is 0. The molecule has 420 valence electrons. The number of aliphatic hydroxyl groups is 2. The van der Waals surface area contributed by atoms with Crippen molar-refractivity contribution in [1.82, 2.24) is 47.9 Å². The highest BCUT2D eigenvalue weighted by Crippen LogP contribution is 2.11. The lowest BCUT2D eigenvalue weighted by molar-refractivity contribution is -0.143. The highest BCUT2D eigenvalue weighted by atomic mass is 16.4. The van der Waals surface area contributed by atoms with E-state index in [0.717, 1.165) is 0 Å². The van der Waals surface area contributed by atoms with E-state index in [2.05, 4.69) is 52.8 Å². The van der Waals surface area contributed by atoms with Gasteiger partial charge in [0.05, 0.1) is 25.8 Å². The van der Waals surface area contributed by atoms with Crippen molar-refractivity contribution in [2.45, 2.75) is 154 Å². The lowest BCUT2D eigenvalue weighted by atomic mass is 10.0. The second-order valence-corrected chi connectivity index (χ2v) is 18.6. The van der Waals surface area contributed by atoms with Crippen molar-refractivity contribution in [3.8, 4) is 0 Å². The topological polar surface area (TPSA) is 510 Å². The van der Waals surface area contributed by atoms with Gasteiger partial charge >= 0.3 is 11.9 Å². The first-order valence-corrected chi connectivity index (χ1v) is 23.9. The molecular formula is C44H78N14O16. The van der Waals surface area contributed by atoms with Gasteiger partial charge in [-0.1, -0.05) is 41.5 Å². The number of aliphatic imine (C=N–C) groups is 1. The number of nitrogens with zero attached hydrogens (tertiary/aromatic N) is 1. The van der Waals surface area contributed by atoms with Gasteiger partial charge < -0.3 is 91.2 Å². The Morgan fingerprint density at radius 3 is 1.39 bits per heavy atom. The summed E-state index contributed by atoms with van der Waals surface area (Å²) < 4.78 is 0. The maximum absolute atomic E-state index is 13.9. The number of aliphatic hydroxyl groups excluding tert-OH is 2. The van der Waals surface area contributed by atoms with E-state index in [1.807, 2.05) is 0 Å². The van der Waals surface area contributed by atoms with Crippen molar-refractivity contribution < 1.29 is 78.0 Å². The van der Waals surface area contributed by atoms with Crippen LogP contribution in [0.2, 0.25) is 0 Å². The second kappa shape index (κ2) is 34.3. The normalized spacial score (nSPS) is 14.7. The van der Waals surface area contributed by atoms with Crippen molar-refractivity contribution in [1.29, 1.82) is 0 Å². The number of hydrogen-bond acceptors (Lipinski definition) is 16. The van der Waals surface area contributed by atoms with Crippen LogP contribution in [0.4, 0.5) is 0 Å². The summed E-state index contributed by atoms with van der Waals surface area (Å²) in [6, 6.07) is -11.7. The molecular weight excluding hydrogens is 981 g/mol. The second-order valence-electron chi connectivity index (χ2n) is 18.6. The van der Waals surface area contributed by atoms with Gasteiger partial charge in [0.1, 0.15) is 48.3 Å². The van der Waals surface area contributed by atoms with E-state index in [4.69, 9.17) is 22.9 Å². The number of amides is 10. The number of aliphatic carboxylic acids is 2. The fraction of sp³-hybridized carbons (Fsp3) is 0.705. The zero-order valence-electron chi connectivity index (χ0n) is 42.9. The third-order valence-electron chi connectivity index (χ3n) is 10.6. The van der Waals surface area contributed by atoms with Crippen LogP contribution in [0.3, 0.4) is 0 Å². The van der Waals surface area contributed by atoms with Gasteiger partial charge in [-0.3, -0.25) is 57.7 Å². The number of carbonyl (C=O) groups excluding carboxylic acids is 10. The minimum Gasteiger partial charge on any atom is -0.481 e. The van der Waals surface area contributed by atoms with Crippen molar-refractivity contribution in [3.05, 3.63) is 0 Å². The van der Waals surface area contributed by atoms with Gasteiger partial charge in [0.2, 0.25) is 59.1 Å². The lowest BCUT2D eigenvalue weighted by Gasteiger charge is -2.28. The number of guanidine groups is 1. The molecule has 21 N–H and O–H groups in total. The summed E-state index contributed by atoms with van der Waals surface area (Å²) in [5.74, 6) is -13.6. The Hall–Kier alpha value is -7.21. The Morgan fingerprint density at radius 2 is 0.946 bits per heavy atom. The first-order valence-electron chi connectivity index (χ1n) is 23.9. The molecule has 30 nitrogen and oxygen atoms in total. The molecule has 74 heavy (non-hydrogen) atoms. The fourth-order valence-electron chi connectivity index (χ4n) is 6.59. The van der Waals surface area contributed by atoms with Gasteiger partial charge in [0.25, 0.3) is 0 Å². The van der Waals surface area contributed by atoms with E-state index in [9.17, 15) is 78.0 Å². The van der Waals surface area contributed by atoms with E-state index < -0.39 is 177 Å². The lowest BCUT2D eigenvalue weighted by Crippen LogP contribution is -2.59. The number of rotatable bonds is 36. The standard InChI is InChI=1S/C44H78N14O16/c1-20(2)15-27(40(70)54-26(10-12-30(45)61)38(68)53-24(9-8-14-49-44(47)48)39(69)58-35(22(5)6)43(73)74)55-37(67)25(11-13-33(64)65)52-32(63)18-50-31(62)17-51-36(66)29(19-59)57-41(71)28(16-21(3)4)56-42(72)34(46)23(7)60/h20-29,34-35,59-60H,8-19,46H2,1-7H3,(H2,45,61)(H,50,62)(H,51,66)(H,52,63)(H,53,68)(H,54,70)(H,55,67)(H,56,72)(H,57,71)(H,58,69)(H,64,65)(H,73,74)(H4,47,48,49)/t23-,24+,25+,26+,27+,28+,29+,34+,35+/m1/s1. The monoisotopic (exact) mass is 1060 g/mol. The molecule has 0 aliphatic rings. The molecule has 0 aromatic heterocycles. The van der Waals surface area contributed by atoms with Crippen molar-refractivity contribution in [2.24, 2.45) is 45.7 Å². The molecule has 0 aliphatic carbocycles. The molecule has 0 unspecified atom stereocenters. The molecule has 0 bridgehead atoms. The van der Waals surface area contributed by atoms with Crippen LogP contribution in [-0.4, -0.2) is 178 Å². The van der Waals surface area contributed by atoms with Crippen molar-refractivity contribution in [2.75, 3.05) is 26.2 Å². The van der Waals surface area contributed by atoms with Crippen LogP contribution in [0.5, 0.6) is 0 Å². The van der Waals surface area contributed by atoms with E-state index in [1.54, 1.807) is 41.5 Å². The number of nitrogens with two attached hydrogens (primary N) is 4. The zero-order valence-corrected chi connectivity index (χ0v) is 42.9. The molecule has 0 saturated heterocycles. The van der Waals surface area contributed by atoms with Gasteiger partial charge in [0.15, 0.2) is 5.96 Å². The van der Waals surface area contributed by atoms with Crippen LogP contribution in [0.25, 0.3) is 0 Å². The largest absolute Gasteiger partial charge is 0.481 e. The number of primary amides is 1. The Labute approximate surface area is 428 Å². The van der Waals surface area contributed by atoms with Crippen LogP contribution in [-0.2, 0) is 57.5 Å². The van der Waals surface area contributed by atoms with Crippen LogP contribution >= 0.6 is 0 Å². The van der Waals surface area contributed by atoms with Crippen molar-refractivity contribution in [3.63, 3.8) is 0 Å². The first kappa shape index (κ1) is 66.8. The van der Waals surface area contributed by atoms with Gasteiger partial charge in [-0.25, -0.2) is 4.79 Å². The minimum absolute atomic E-state index is 0.0147. The van der Waals surface area contributed by atoms with E-state index in [-0.39, 0.29) is 50.0 Å². The minimum atomic E-state index is -1.63. The highest BCUT2D eigenvalue weighted by molar-refractivity contribution is 5.98. The van der Waals surface area contributed by atoms with Gasteiger partial charge in [0, 0.05) is 19.4 Å². The summed E-state index contributed by atoms with van der Waals surface area (Å²) in [6.45, 7) is 8.65. The van der Waals surface area contributed by atoms with Gasteiger partial charge in [-0.2, -0.15) is 0 Å². The Morgan fingerprint density at radius 1 is 0.514 bits per heavy atom. The summed E-state index contributed by atoms with van der Waals surface area (Å²) >= 11 is 0. The predicted octanol–water partition coefficient (Wildman–Crippen LogP) is -6.67. The van der Waals surface area contributed by atoms with Crippen LogP contribution in [0, 0.1) is 17.8 Å². The Balaban J connectivity index is 6.14. The molecule has 0 heterocycles. The van der Waals surface area contributed by atoms with Gasteiger partial charge in [-0.05, 0) is 63.2 Å². The molecule has 9 atom stereocenters. The summed E-state index contributed by atoms with van der Waals surface area (Å²) in [5.41, 5.74) is 21.8. The molecule has 10 amide bonds. The van der Waals surface area contributed by atoms with Crippen LogP contribution in [0.1, 0.15) is 99.8 Å². The fourth-order valence-corrected chi connectivity index (χ4v) is 6.59. The number of carbonyl (C=O) groups is 12. The SMILES string of the molecule is CC(C)C[C@H](NC(=O)[C@H](CCC(=O)O)NC(=O)CNC(=O)CNC(=O)[C@H](CO)NC(=O)[C@H](CC(C)C)NC(=O)[C@@H](N)[C@@H](C)O)C(=O)N[C@@H](CCC(N)=O)C(=O)N[C@@H](CCCN=C(N)N)C(=O)N[C@H](C(=O)O)C(C)C. The molecule has 0 aromatic rings. The predicted molar refractivity (Wildman–Crippen MR) is 263 cm³/mol. The molecule has 0 rings (SSSR count). The molecule has 0 radical (unpaired) electrons. The molecule has 0 spiro atoms. The first-order chi connectivity index (χ1) is 34.4. The third kappa shape index (κ3) is 27.6. The van der Waals surface area contributed by atoms with Crippen molar-refractivity contribution >= 4 is 77.0 Å². The Kier molecular flexibility index (Phi) is 30.9. The van der Waals surface area contributed by atoms with Crippen LogP contribution < -0.4 is 70.8 Å². The third-order valence-corrected chi connectivity index (χ3v) is 10.6. The number of carboxylic acids is 2. The maximum atomic E-state index is 13.9. The Bertz CT molecular complexity index is 1980. The zero-order chi connectivity index (χ0) is 57.0. The van der Waals surface area contributed by atoms with Crippen LogP contribution in [0.15, 0.2) is 4.99 Å². The van der Waals surface area contributed by atoms with E-state index in [0.29, 0.717) is 0 Å². The van der Waals surface area contributed by atoms with E-state index >= 15 is 0 Å². The molecule has 0 aliphatic heterocycles. The van der Waals surface area contributed by atoms with Gasteiger partial charge in [-0.15, -0.1) is 0 Å². The number of carboxylic acid groups (broad SMARTS) is 2. The quantitative estimate of drug-likeness (QED) is 0.0158. The summed E-state index contributed by atoms with van der Waals surface area (Å²) in [4.78, 5) is 158. The van der Waals surface area contributed by atoms with E-state index in [1.165, 1.54) is 6.92 Å². The molecule has 0 saturated carbocycles. The summed E-state index contributed by atoms with van der Waals surface area (Å²) in [6.07, 6.45) is -3.32. The summed E-state index contributed by atoms with van der Waals surface area (Å²) in [5, 5.41) is 59.5. The molecule has 0 aromatic carbocycles. The smallest absolute Gasteiger partial charge is 0.326 e. The molecule has 0 fully saturated rings. The number of hydrogen-bond donors (Lipinski definition) is 17. The molecule has 30 heteroatoms. The number of nitrogens with one attached hydrogen (secondary N) is 9. The maximum Gasteiger partial charge on any atom is 0.326 e.